The monoisotopic (exact) mass is 381 g/mol. The predicted molar refractivity (Wildman–Crippen MR) is 98.7 cm³/mol. The molecule has 142 valence electrons. The van der Waals surface area contributed by atoms with Crippen molar-refractivity contribution in [2.45, 2.75) is 31.7 Å². The first-order valence-electron chi connectivity index (χ1n) is 9.04. The zero-order chi connectivity index (χ0) is 19.7. The molecule has 4 rings (SSSR count). The number of carbonyl (C=O) groups excluding carboxylic acids is 1. The second-order valence-electron chi connectivity index (χ2n) is 6.77. The highest BCUT2D eigenvalue weighted by Gasteiger charge is 2.31. The molecule has 1 fully saturated rings. The van der Waals surface area contributed by atoms with E-state index in [1.165, 1.54) is 12.3 Å². The Morgan fingerprint density at radius 3 is 3.04 bits per heavy atom. The third kappa shape index (κ3) is 3.20. The summed E-state index contributed by atoms with van der Waals surface area (Å²) >= 11 is 0. The highest BCUT2D eigenvalue weighted by atomic mass is 19.1. The Morgan fingerprint density at radius 1 is 1.36 bits per heavy atom. The topological polar surface area (TPSA) is 85.7 Å². The lowest BCUT2D eigenvalue weighted by Crippen LogP contribution is -2.24. The van der Waals surface area contributed by atoms with Crippen LogP contribution in [0.25, 0.3) is 11.0 Å². The fourth-order valence-electron chi connectivity index (χ4n) is 3.69. The van der Waals surface area contributed by atoms with E-state index >= 15 is 0 Å². The van der Waals surface area contributed by atoms with Crippen LogP contribution < -0.4 is 4.90 Å². The quantitative estimate of drug-likeness (QED) is 0.674. The first-order chi connectivity index (χ1) is 13.6. The fraction of sp³-hybridized carbons (Fsp3) is 0.300. The molecule has 0 amide bonds. The largest absolute Gasteiger partial charge is 0.347 e. The minimum absolute atomic E-state index is 0.123. The Kier molecular flexibility index (Phi) is 4.74. The van der Waals surface area contributed by atoms with Gasteiger partial charge in [-0.05, 0) is 37.1 Å². The molecule has 0 saturated carbocycles. The number of benzene rings is 1. The molecule has 0 unspecified atom stereocenters. The Labute approximate surface area is 159 Å². The fourth-order valence-corrected chi connectivity index (χ4v) is 3.69. The number of hydrogen-bond acceptors (Lipinski definition) is 5. The van der Waals surface area contributed by atoms with Crippen LogP contribution in [-0.4, -0.2) is 27.5 Å². The number of H-pyrrole nitrogens is 1. The van der Waals surface area contributed by atoms with E-state index in [1.54, 1.807) is 6.07 Å². The highest BCUT2D eigenvalue weighted by Crippen LogP contribution is 2.39. The maximum atomic E-state index is 14.3. The van der Waals surface area contributed by atoms with Crippen LogP contribution in [0.5, 0.6) is 0 Å². The predicted octanol–water partition coefficient (Wildman–Crippen LogP) is 4.06. The first kappa shape index (κ1) is 18.0. The van der Waals surface area contributed by atoms with Gasteiger partial charge in [0.1, 0.15) is 11.6 Å². The zero-order valence-electron chi connectivity index (χ0n) is 15.0. The summed E-state index contributed by atoms with van der Waals surface area (Å²) in [5.41, 5.74) is 1.21. The summed E-state index contributed by atoms with van der Waals surface area (Å²) in [6.45, 7) is 0.632. The summed E-state index contributed by atoms with van der Waals surface area (Å²) in [4.78, 5) is 18.4. The normalized spacial score (nSPS) is 16.5. The lowest BCUT2D eigenvalue weighted by Gasteiger charge is -2.25. The van der Waals surface area contributed by atoms with E-state index in [-0.39, 0.29) is 24.7 Å². The van der Waals surface area contributed by atoms with Gasteiger partial charge in [0, 0.05) is 36.7 Å². The number of nitrogens with one attached hydrogen (secondary N) is 1. The number of carbonyl (C=O) groups is 1. The van der Waals surface area contributed by atoms with Gasteiger partial charge in [-0.2, -0.15) is 10.4 Å². The second-order valence-corrected chi connectivity index (χ2v) is 6.77. The number of fused-ring (bicyclic) bond motifs is 1. The average Bonchev–Trinajstić information content (AvgIpc) is 3.33. The van der Waals surface area contributed by atoms with Crippen molar-refractivity contribution in [3.05, 3.63) is 53.2 Å². The van der Waals surface area contributed by atoms with Crippen LogP contribution in [0.2, 0.25) is 0 Å². The third-order valence-corrected chi connectivity index (χ3v) is 5.02. The maximum Gasteiger partial charge on any atom is 0.165 e. The van der Waals surface area contributed by atoms with E-state index in [0.29, 0.717) is 40.9 Å². The van der Waals surface area contributed by atoms with Gasteiger partial charge in [-0.25, -0.2) is 13.8 Å². The molecule has 0 bridgehead atoms. The molecule has 28 heavy (non-hydrogen) atoms. The van der Waals surface area contributed by atoms with E-state index in [0.717, 1.165) is 18.6 Å². The van der Waals surface area contributed by atoms with Gasteiger partial charge in [-0.15, -0.1) is 0 Å². The SMILES string of the molecule is N#CCCC(=O)c1cnc2[nH]nc(N3CCC[C@@H]3c3cc(F)ccc3F)c2c1. The van der Waals surface area contributed by atoms with Crippen molar-refractivity contribution in [2.75, 3.05) is 11.4 Å². The van der Waals surface area contributed by atoms with Crippen molar-refractivity contribution in [1.82, 2.24) is 15.2 Å². The molecule has 0 radical (unpaired) electrons. The first-order valence-corrected chi connectivity index (χ1v) is 9.04. The number of aromatic amines is 1. The lowest BCUT2D eigenvalue weighted by atomic mass is 10.0. The number of hydrogen-bond donors (Lipinski definition) is 1. The molecule has 1 saturated heterocycles. The molecule has 8 heteroatoms. The van der Waals surface area contributed by atoms with Gasteiger partial charge in [0.15, 0.2) is 17.2 Å². The van der Waals surface area contributed by atoms with E-state index < -0.39 is 11.6 Å². The Morgan fingerprint density at radius 2 is 2.21 bits per heavy atom. The van der Waals surface area contributed by atoms with Gasteiger partial charge in [0.2, 0.25) is 0 Å². The van der Waals surface area contributed by atoms with Gasteiger partial charge in [-0.1, -0.05) is 0 Å². The van der Waals surface area contributed by atoms with E-state index in [4.69, 9.17) is 5.26 Å². The number of halogens is 2. The summed E-state index contributed by atoms with van der Waals surface area (Å²) < 4.78 is 28.0. The van der Waals surface area contributed by atoms with Crippen molar-refractivity contribution in [3.63, 3.8) is 0 Å². The van der Waals surface area contributed by atoms with Crippen molar-refractivity contribution in [1.29, 1.82) is 5.26 Å². The van der Waals surface area contributed by atoms with Gasteiger partial charge in [0.25, 0.3) is 0 Å². The van der Waals surface area contributed by atoms with Crippen LogP contribution >= 0.6 is 0 Å². The number of ketones is 1. The van der Waals surface area contributed by atoms with Crippen molar-refractivity contribution >= 4 is 22.6 Å². The molecule has 3 heterocycles. The number of Topliss-reactive ketones (excluding diaryl/α,β-unsaturated/α-hetero) is 1. The van der Waals surface area contributed by atoms with Crippen molar-refractivity contribution in [2.24, 2.45) is 0 Å². The van der Waals surface area contributed by atoms with Crippen LogP contribution in [0.3, 0.4) is 0 Å². The van der Waals surface area contributed by atoms with E-state index in [2.05, 4.69) is 15.2 Å². The van der Waals surface area contributed by atoms with Crippen molar-refractivity contribution < 1.29 is 13.6 Å². The molecule has 1 aliphatic rings. The summed E-state index contributed by atoms with van der Waals surface area (Å²) in [7, 11) is 0. The molecule has 2 aromatic heterocycles. The second kappa shape index (κ2) is 7.35. The van der Waals surface area contributed by atoms with Crippen LogP contribution in [-0.2, 0) is 0 Å². The number of pyridine rings is 1. The Bertz CT molecular complexity index is 1090. The zero-order valence-corrected chi connectivity index (χ0v) is 15.0. The van der Waals surface area contributed by atoms with Gasteiger partial charge in [-0.3, -0.25) is 9.89 Å². The molecule has 3 aromatic rings. The number of nitriles is 1. The van der Waals surface area contributed by atoms with Gasteiger partial charge < -0.3 is 4.90 Å². The summed E-state index contributed by atoms with van der Waals surface area (Å²) in [6, 6.07) is 6.76. The molecule has 1 N–H and O–H groups in total. The Hall–Kier alpha value is -3.34. The minimum atomic E-state index is -0.484. The maximum absolute atomic E-state index is 14.3. The number of aromatic nitrogens is 3. The molecular formula is C20H17F2N5O. The molecule has 1 atom stereocenters. The van der Waals surface area contributed by atoms with E-state index in [9.17, 15) is 13.6 Å². The van der Waals surface area contributed by atoms with Crippen molar-refractivity contribution in [3.8, 4) is 6.07 Å². The number of nitrogens with zero attached hydrogens (tertiary/aromatic N) is 4. The minimum Gasteiger partial charge on any atom is -0.347 e. The Balaban J connectivity index is 1.72. The van der Waals surface area contributed by atoms with Crippen LogP contribution in [0.4, 0.5) is 14.6 Å². The standard InChI is InChI=1S/C20H17F2N5O/c21-13-5-6-16(22)14(10-13)17-3-2-8-27(17)20-15-9-12(18(28)4-1-7-23)11-24-19(15)25-26-20/h5-6,9-11,17H,1-4,8H2,(H,24,25,26)/t17-/m1/s1. The van der Waals surface area contributed by atoms with Gasteiger partial charge in [0.05, 0.1) is 17.5 Å². The summed E-state index contributed by atoms with van der Waals surface area (Å²) in [5, 5.41) is 16.5. The van der Waals surface area contributed by atoms with Crippen LogP contribution in [0.1, 0.15) is 47.6 Å². The highest BCUT2D eigenvalue weighted by molar-refractivity contribution is 6.00. The van der Waals surface area contributed by atoms with Crippen LogP contribution in [0, 0.1) is 23.0 Å². The summed E-state index contributed by atoms with van der Waals surface area (Å²) in [5.74, 6) is -0.549. The smallest absolute Gasteiger partial charge is 0.165 e. The van der Waals surface area contributed by atoms with Gasteiger partial charge >= 0.3 is 0 Å². The molecule has 6 nitrogen and oxygen atoms in total. The summed E-state index contributed by atoms with van der Waals surface area (Å²) in [6.07, 6.45) is 3.20. The lowest BCUT2D eigenvalue weighted by molar-refractivity contribution is 0.0984. The average molecular weight is 381 g/mol. The van der Waals surface area contributed by atoms with Crippen LogP contribution in [0.15, 0.2) is 30.5 Å². The number of anilines is 1. The molecule has 0 spiro atoms. The number of rotatable bonds is 5. The van der Waals surface area contributed by atoms with E-state index in [1.807, 2.05) is 11.0 Å². The molecular weight excluding hydrogens is 364 g/mol. The molecule has 1 aliphatic heterocycles. The molecule has 0 aliphatic carbocycles. The molecule has 1 aromatic carbocycles. The third-order valence-electron chi connectivity index (χ3n) is 5.02.